The summed E-state index contributed by atoms with van der Waals surface area (Å²) < 4.78 is 32.8. The van der Waals surface area contributed by atoms with E-state index in [1.54, 1.807) is 42.7 Å². The molecule has 0 fully saturated rings. The first-order chi connectivity index (χ1) is 20.4. The van der Waals surface area contributed by atoms with Crippen LogP contribution in [0.2, 0.25) is 0 Å². The molecule has 2 heterocycles. The SMILES string of the molecule is COc1cc(-c2ccc(N(C)CCN(C)c3ccc(-c4cc(OC)c(OC)c(OC)c4)nc3)cn2)cc(OC)c1OC. The Labute approximate surface area is 247 Å². The fourth-order valence-electron chi connectivity index (χ4n) is 4.58. The van der Waals surface area contributed by atoms with Crippen LogP contribution in [-0.2, 0) is 0 Å². The highest BCUT2D eigenvalue weighted by molar-refractivity contribution is 5.70. The monoisotopic (exact) mass is 574 g/mol. The van der Waals surface area contributed by atoms with E-state index in [0.29, 0.717) is 34.5 Å². The van der Waals surface area contributed by atoms with Crippen LogP contribution in [0.4, 0.5) is 11.4 Å². The highest BCUT2D eigenvalue weighted by Crippen LogP contribution is 2.42. The number of aromatic nitrogens is 2. The number of nitrogens with zero attached hydrogens (tertiary/aromatic N) is 4. The zero-order valence-corrected chi connectivity index (χ0v) is 25.4. The molecule has 0 aliphatic rings. The van der Waals surface area contributed by atoms with E-state index < -0.39 is 0 Å². The first-order valence-corrected chi connectivity index (χ1v) is 13.3. The number of anilines is 2. The summed E-state index contributed by atoms with van der Waals surface area (Å²) >= 11 is 0. The highest BCUT2D eigenvalue weighted by atomic mass is 16.5. The summed E-state index contributed by atoms with van der Waals surface area (Å²) in [5.74, 6) is 3.45. The average Bonchev–Trinajstić information content (AvgIpc) is 3.05. The van der Waals surface area contributed by atoms with Gasteiger partial charge in [-0.25, -0.2) is 0 Å². The van der Waals surface area contributed by atoms with Crippen molar-refractivity contribution in [1.29, 1.82) is 0 Å². The van der Waals surface area contributed by atoms with E-state index in [1.165, 1.54) is 0 Å². The van der Waals surface area contributed by atoms with Crippen LogP contribution in [0.1, 0.15) is 0 Å². The Kier molecular flexibility index (Phi) is 9.80. The molecule has 0 bridgehead atoms. The molecule has 0 N–H and O–H groups in total. The number of pyridine rings is 2. The lowest BCUT2D eigenvalue weighted by atomic mass is 10.1. The molecule has 10 heteroatoms. The topological polar surface area (TPSA) is 87.6 Å². The average molecular weight is 575 g/mol. The molecule has 0 radical (unpaired) electrons. The molecule has 10 nitrogen and oxygen atoms in total. The minimum Gasteiger partial charge on any atom is -0.493 e. The lowest BCUT2D eigenvalue weighted by molar-refractivity contribution is 0.324. The molecule has 0 saturated heterocycles. The van der Waals surface area contributed by atoms with Crippen LogP contribution in [0.5, 0.6) is 34.5 Å². The van der Waals surface area contributed by atoms with Gasteiger partial charge in [0, 0.05) is 38.3 Å². The molecular formula is C32H38N4O6. The summed E-state index contributed by atoms with van der Waals surface area (Å²) in [6.45, 7) is 1.58. The summed E-state index contributed by atoms with van der Waals surface area (Å²) in [6, 6.07) is 15.7. The second kappa shape index (κ2) is 13.7. The van der Waals surface area contributed by atoms with Crippen LogP contribution in [0, 0.1) is 0 Å². The minimum absolute atomic E-state index is 0.551. The van der Waals surface area contributed by atoms with E-state index in [4.69, 9.17) is 38.4 Å². The number of hydrogen-bond donors (Lipinski definition) is 0. The number of hydrogen-bond acceptors (Lipinski definition) is 10. The molecular weight excluding hydrogens is 536 g/mol. The van der Waals surface area contributed by atoms with E-state index in [9.17, 15) is 0 Å². The Hall–Kier alpha value is -4.86. The Morgan fingerprint density at radius 1 is 0.500 bits per heavy atom. The summed E-state index contributed by atoms with van der Waals surface area (Å²) in [6.07, 6.45) is 3.73. The largest absolute Gasteiger partial charge is 0.493 e. The summed E-state index contributed by atoms with van der Waals surface area (Å²) in [5.41, 5.74) is 5.39. The van der Waals surface area contributed by atoms with Crippen molar-refractivity contribution >= 4 is 11.4 Å². The molecule has 2 aromatic heterocycles. The van der Waals surface area contributed by atoms with Crippen molar-refractivity contribution in [2.45, 2.75) is 0 Å². The van der Waals surface area contributed by atoms with E-state index in [-0.39, 0.29) is 0 Å². The van der Waals surface area contributed by atoms with Crippen LogP contribution in [0.3, 0.4) is 0 Å². The fourth-order valence-corrected chi connectivity index (χ4v) is 4.58. The Morgan fingerprint density at radius 3 is 1.07 bits per heavy atom. The van der Waals surface area contributed by atoms with Crippen LogP contribution in [0.25, 0.3) is 22.5 Å². The van der Waals surface area contributed by atoms with Gasteiger partial charge in [-0.05, 0) is 48.5 Å². The molecule has 4 rings (SSSR count). The third kappa shape index (κ3) is 6.38. The van der Waals surface area contributed by atoms with Gasteiger partial charge in [0.2, 0.25) is 11.5 Å². The van der Waals surface area contributed by atoms with Gasteiger partial charge in [-0.15, -0.1) is 0 Å². The van der Waals surface area contributed by atoms with Crippen molar-refractivity contribution in [2.24, 2.45) is 0 Å². The van der Waals surface area contributed by atoms with Gasteiger partial charge in [0.05, 0.1) is 77.8 Å². The van der Waals surface area contributed by atoms with Gasteiger partial charge in [0.25, 0.3) is 0 Å². The number of ether oxygens (including phenoxy) is 6. The maximum Gasteiger partial charge on any atom is 0.203 e. The molecule has 2 aromatic carbocycles. The van der Waals surface area contributed by atoms with Crippen LogP contribution >= 0.6 is 0 Å². The molecule has 4 aromatic rings. The number of likely N-dealkylation sites (N-methyl/N-ethyl adjacent to an activating group) is 2. The first-order valence-electron chi connectivity index (χ1n) is 13.3. The minimum atomic E-state index is 0.551. The summed E-state index contributed by atoms with van der Waals surface area (Å²) in [7, 11) is 13.7. The van der Waals surface area contributed by atoms with Crippen LogP contribution < -0.4 is 38.2 Å². The zero-order valence-electron chi connectivity index (χ0n) is 25.4. The fraction of sp³-hybridized carbons (Fsp3) is 0.312. The predicted molar refractivity (Wildman–Crippen MR) is 165 cm³/mol. The summed E-state index contributed by atoms with van der Waals surface area (Å²) in [5, 5.41) is 0. The third-order valence-corrected chi connectivity index (χ3v) is 7.07. The van der Waals surface area contributed by atoms with Crippen molar-refractivity contribution in [3.63, 3.8) is 0 Å². The van der Waals surface area contributed by atoms with E-state index in [2.05, 4.69) is 36.0 Å². The molecule has 0 spiro atoms. The van der Waals surface area contributed by atoms with Crippen molar-refractivity contribution < 1.29 is 28.4 Å². The molecule has 0 atom stereocenters. The molecule has 0 amide bonds. The zero-order chi connectivity index (χ0) is 30.2. The first kappa shape index (κ1) is 30.1. The number of benzene rings is 2. The van der Waals surface area contributed by atoms with Crippen molar-refractivity contribution in [3.8, 4) is 57.0 Å². The number of rotatable bonds is 13. The second-order valence-electron chi connectivity index (χ2n) is 9.47. The molecule has 0 aliphatic carbocycles. The molecule has 0 aliphatic heterocycles. The van der Waals surface area contributed by atoms with Gasteiger partial charge >= 0.3 is 0 Å². The molecule has 0 saturated carbocycles. The normalized spacial score (nSPS) is 10.6. The third-order valence-electron chi connectivity index (χ3n) is 7.07. The van der Waals surface area contributed by atoms with Gasteiger partial charge in [0.1, 0.15) is 0 Å². The quantitative estimate of drug-likeness (QED) is 0.206. The second-order valence-corrected chi connectivity index (χ2v) is 9.47. The lowest BCUT2D eigenvalue weighted by Crippen LogP contribution is -2.30. The summed E-state index contributed by atoms with van der Waals surface area (Å²) in [4.78, 5) is 13.7. The lowest BCUT2D eigenvalue weighted by Gasteiger charge is -2.25. The predicted octanol–water partition coefficient (Wildman–Crippen LogP) is 5.43. The van der Waals surface area contributed by atoms with Crippen LogP contribution in [-0.4, -0.2) is 79.8 Å². The van der Waals surface area contributed by atoms with E-state index in [1.807, 2.05) is 48.8 Å². The van der Waals surface area contributed by atoms with Gasteiger partial charge in [-0.3, -0.25) is 9.97 Å². The molecule has 42 heavy (non-hydrogen) atoms. The number of methoxy groups -OCH3 is 6. The molecule has 222 valence electrons. The van der Waals surface area contributed by atoms with Gasteiger partial charge in [-0.2, -0.15) is 0 Å². The van der Waals surface area contributed by atoms with E-state index in [0.717, 1.165) is 47.0 Å². The van der Waals surface area contributed by atoms with E-state index >= 15 is 0 Å². The van der Waals surface area contributed by atoms with Crippen molar-refractivity contribution in [3.05, 3.63) is 60.9 Å². The Morgan fingerprint density at radius 2 is 0.833 bits per heavy atom. The van der Waals surface area contributed by atoms with Crippen molar-refractivity contribution in [1.82, 2.24) is 9.97 Å². The standard InChI is InChI=1S/C32H38N4O6/c1-35(23-9-11-25(33-19-23)21-15-27(37-3)31(41-7)28(16-21)38-4)13-14-36(2)24-10-12-26(34-20-24)22-17-29(39-5)32(42-8)30(18-22)40-6/h9-12,15-20H,13-14H2,1-8H3. The van der Waals surface area contributed by atoms with Gasteiger partial charge < -0.3 is 38.2 Å². The highest BCUT2D eigenvalue weighted by Gasteiger charge is 2.16. The maximum absolute atomic E-state index is 5.49. The smallest absolute Gasteiger partial charge is 0.203 e. The Bertz CT molecular complexity index is 1310. The maximum atomic E-state index is 5.49. The van der Waals surface area contributed by atoms with Gasteiger partial charge in [0.15, 0.2) is 23.0 Å². The van der Waals surface area contributed by atoms with Gasteiger partial charge in [-0.1, -0.05) is 0 Å². The van der Waals surface area contributed by atoms with Crippen LogP contribution in [0.15, 0.2) is 60.9 Å². The molecule has 0 unspecified atom stereocenters. The Balaban J connectivity index is 1.41. The van der Waals surface area contributed by atoms with Crippen molar-refractivity contribution in [2.75, 3.05) is 79.6 Å².